The number of amides is 1. The highest BCUT2D eigenvalue weighted by Crippen LogP contribution is 2.28. The van der Waals surface area contributed by atoms with Crippen molar-refractivity contribution in [3.8, 4) is 5.69 Å². The maximum atomic E-state index is 13.7. The normalized spacial score (nSPS) is 14.7. The molecular weight excluding hydrogens is 458 g/mol. The lowest BCUT2D eigenvalue weighted by Gasteiger charge is -2.31. The molecule has 1 aliphatic carbocycles. The number of carbonyl (C=O) groups excluding carboxylic acids is 1. The third kappa shape index (κ3) is 4.35. The summed E-state index contributed by atoms with van der Waals surface area (Å²) in [5, 5.41) is 10.1. The highest BCUT2D eigenvalue weighted by molar-refractivity contribution is 7.99. The van der Waals surface area contributed by atoms with Crippen LogP contribution in [0.25, 0.3) is 22.4 Å². The van der Waals surface area contributed by atoms with Gasteiger partial charge in [0.15, 0.2) is 5.16 Å². The maximum Gasteiger partial charge on any atom is 0.267 e. The molecule has 35 heavy (non-hydrogen) atoms. The Bertz CT molecular complexity index is 1430. The molecule has 182 valence electrons. The van der Waals surface area contributed by atoms with Gasteiger partial charge in [-0.3, -0.25) is 14.0 Å². The molecule has 1 aliphatic rings. The molecule has 2 aromatic carbocycles. The molecule has 0 atom stereocenters. The number of hydrogen-bond donors (Lipinski definition) is 0. The molecule has 0 aliphatic heterocycles. The van der Waals surface area contributed by atoms with Crippen molar-refractivity contribution in [3.05, 3.63) is 64.4 Å². The standard InChI is InChI=1S/C27H31N5O2S/c1-18(2)20-13-7-9-15-22(20)31-25(34)21-14-8-10-16-23(21)32-26(31)28-29-27(32)35-17-24(33)30(3)19-11-5-4-6-12-19/h7-10,13-16,18-19H,4-6,11-12,17H2,1-3H3. The Morgan fingerprint density at radius 1 is 1.06 bits per heavy atom. The smallest absolute Gasteiger partial charge is 0.267 e. The summed E-state index contributed by atoms with van der Waals surface area (Å²) in [7, 11) is 1.91. The SMILES string of the molecule is CC(C)c1ccccc1-n1c(=O)c2ccccc2n2c(SCC(=O)N(C)C3CCCCC3)nnc12. The predicted octanol–water partition coefficient (Wildman–Crippen LogP) is 5.04. The van der Waals surface area contributed by atoms with E-state index < -0.39 is 0 Å². The number of para-hydroxylation sites is 2. The van der Waals surface area contributed by atoms with Gasteiger partial charge in [-0.05, 0) is 42.5 Å². The third-order valence-corrected chi connectivity index (χ3v) is 7.95. The van der Waals surface area contributed by atoms with Crippen LogP contribution in [0.3, 0.4) is 0 Å². The molecule has 1 saturated carbocycles. The van der Waals surface area contributed by atoms with Gasteiger partial charge in [0.1, 0.15) is 0 Å². The first-order chi connectivity index (χ1) is 17.0. The van der Waals surface area contributed by atoms with Crippen LogP contribution in [0.1, 0.15) is 57.4 Å². The number of fused-ring (bicyclic) bond motifs is 3. The molecule has 1 amide bonds. The van der Waals surface area contributed by atoms with Crippen LogP contribution in [0.4, 0.5) is 0 Å². The summed E-state index contributed by atoms with van der Waals surface area (Å²) in [6.07, 6.45) is 5.78. The van der Waals surface area contributed by atoms with Crippen molar-refractivity contribution >= 4 is 34.3 Å². The van der Waals surface area contributed by atoms with Crippen LogP contribution in [0.5, 0.6) is 0 Å². The second-order valence-electron chi connectivity index (χ2n) is 9.57. The maximum absolute atomic E-state index is 13.7. The molecule has 2 heterocycles. The number of thioether (sulfide) groups is 1. The molecule has 1 fully saturated rings. The zero-order valence-electron chi connectivity index (χ0n) is 20.5. The van der Waals surface area contributed by atoms with E-state index in [1.807, 2.05) is 64.9 Å². The van der Waals surface area contributed by atoms with Crippen molar-refractivity contribution in [1.29, 1.82) is 0 Å². The lowest BCUT2D eigenvalue weighted by Crippen LogP contribution is -2.39. The van der Waals surface area contributed by atoms with Gasteiger partial charge in [0.2, 0.25) is 11.7 Å². The van der Waals surface area contributed by atoms with E-state index >= 15 is 0 Å². The predicted molar refractivity (Wildman–Crippen MR) is 141 cm³/mol. The van der Waals surface area contributed by atoms with Crippen LogP contribution >= 0.6 is 11.8 Å². The first-order valence-electron chi connectivity index (χ1n) is 12.3. The number of nitrogens with zero attached hydrogens (tertiary/aromatic N) is 5. The number of aromatic nitrogens is 4. The fraction of sp³-hybridized carbons (Fsp3) is 0.407. The zero-order valence-corrected chi connectivity index (χ0v) is 21.3. The summed E-state index contributed by atoms with van der Waals surface area (Å²) in [4.78, 5) is 28.6. The minimum atomic E-state index is -0.127. The first-order valence-corrected chi connectivity index (χ1v) is 13.3. The van der Waals surface area contributed by atoms with E-state index in [4.69, 9.17) is 0 Å². The fourth-order valence-corrected chi connectivity index (χ4v) is 5.93. The van der Waals surface area contributed by atoms with Gasteiger partial charge in [-0.15, -0.1) is 10.2 Å². The largest absolute Gasteiger partial charge is 0.342 e. The lowest BCUT2D eigenvalue weighted by atomic mass is 9.94. The van der Waals surface area contributed by atoms with Crippen molar-refractivity contribution in [1.82, 2.24) is 24.1 Å². The van der Waals surface area contributed by atoms with Crippen LogP contribution in [0, 0.1) is 0 Å². The molecule has 5 rings (SSSR count). The van der Waals surface area contributed by atoms with Gasteiger partial charge in [-0.2, -0.15) is 0 Å². The molecule has 2 aromatic heterocycles. The van der Waals surface area contributed by atoms with Crippen LogP contribution in [-0.4, -0.2) is 48.8 Å². The van der Waals surface area contributed by atoms with Gasteiger partial charge in [0, 0.05) is 13.1 Å². The molecular formula is C27H31N5O2S. The second-order valence-corrected chi connectivity index (χ2v) is 10.5. The topological polar surface area (TPSA) is 72.5 Å². The summed E-state index contributed by atoms with van der Waals surface area (Å²) in [5.74, 6) is 1.07. The average Bonchev–Trinajstić information content (AvgIpc) is 3.31. The second kappa shape index (κ2) is 9.85. The number of hydrogen-bond acceptors (Lipinski definition) is 5. The Kier molecular flexibility index (Phi) is 6.65. The van der Waals surface area contributed by atoms with E-state index in [1.54, 1.807) is 4.57 Å². The Labute approximate surface area is 209 Å². The minimum Gasteiger partial charge on any atom is -0.342 e. The molecule has 8 heteroatoms. The monoisotopic (exact) mass is 489 g/mol. The van der Waals surface area contributed by atoms with Crippen LogP contribution in [-0.2, 0) is 4.79 Å². The minimum absolute atomic E-state index is 0.0985. The summed E-state index contributed by atoms with van der Waals surface area (Å²) >= 11 is 1.37. The van der Waals surface area contributed by atoms with Gasteiger partial charge in [0.05, 0.1) is 22.3 Å². The van der Waals surface area contributed by atoms with E-state index in [-0.39, 0.29) is 23.1 Å². The van der Waals surface area contributed by atoms with Gasteiger partial charge < -0.3 is 4.90 Å². The van der Waals surface area contributed by atoms with Crippen LogP contribution in [0.15, 0.2) is 58.5 Å². The highest BCUT2D eigenvalue weighted by Gasteiger charge is 2.24. The summed E-state index contributed by atoms with van der Waals surface area (Å²) in [6.45, 7) is 4.23. The Balaban J connectivity index is 1.58. The Morgan fingerprint density at radius 3 is 2.54 bits per heavy atom. The van der Waals surface area contributed by atoms with Crippen molar-refractivity contribution < 1.29 is 4.79 Å². The van der Waals surface area contributed by atoms with E-state index in [2.05, 4.69) is 24.0 Å². The number of benzene rings is 2. The van der Waals surface area contributed by atoms with Gasteiger partial charge in [0.25, 0.3) is 5.56 Å². The molecule has 0 N–H and O–H groups in total. The van der Waals surface area contributed by atoms with E-state index in [0.717, 1.165) is 29.6 Å². The van der Waals surface area contributed by atoms with Gasteiger partial charge in [-0.25, -0.2) is 4.57 Å². The number of rotatable bonds is 6. The van der Waals surface area contributed by atoms with E-state index in [9.17, 15) is 9.59 Å². The van der Waals surface area contributed by atoms with E-state index in [1.165, 1.54) is 31.0 Å². The van der Waals surface area contributed by atoms with Crippen molar-refractivity contribution in [2.45, 2.75) is 63.1 Å². The summed E-state index contributed by atoms with van der Waals surface area (Å²) in [5.41, 5.74) is 2.48. The van der Waals surface area contributed by atoms with Crippen molar-refractivity contribution in [2.24, 2.45) is 0 Å². The number of carbonyl (C=O) groups is 1. The molecule has 0 bridgehead atoms. The molecule has 0 saturated heterocycles. The van der Waals surface area contributed by atoms with Crippen LogP contribution < -0.4 is 5.56 Å². The molecule has 7 nitrogen and oxygen atoms in total. The van der Waals surface area contributed by atoms with Crippen molar-refractivity contribution in [2.75, 3.05) is 12.8 Å². The van der Waals surface area contributed by atoms with E-state index in [0.29, 0.717) is 22.4 Å². The third-order valence-electron chi connectivity index (χ3n) is 7.03. The van der Waals surface area contributed by atoms with Gasteiger partial charge >= 0.3 is 0 Å². The van der Waals surface area contributed by atoms with Crippen molar-refractivity contribution in [3.63, 3.8) is 0 Å². The zero-order chi connectivity index (χ0) is 24.5. The molecule has 0 spiro atoms. The summed E-state index contributed by atoms with van der Waals surface area (Å²) in [6, 6.07) is 15.8. The first kappa shape index (κ1) is 23.6. The Morgan fingerprint density at radius 2 is 1.77 bits per heavy atom. The molecule has 4 aromatic rings. The lowest BCUT2D eigenvalue weighted by molar-refractivity contribution is -0.129. The molecule has 0 unspecified atom stereocenters. The fourth-order valence-electron chi connectivity index (χ4n) is 5.07. The highest BCUT2D eigenvalue weighted by atomic mass is 32.2. The van der Waals surface area contributed by atoms with Crippen LogP contribution in [0.2, 0.25) is 0 Å². The Hall–Kier alpha value is -3.13. The average molecular weight is 490 g/mol. The van der Waals surface area contributed by atoms with Gasteiger partial charge in [-0.1, -0.05) is 75.2 Å². The quantitative estimate of drug-likeness (QED) is 0.355. The molecule has 0 radical (unpaired) electrons. The summed E-state index contributed by atoms with van der Waals surface area (Å²) < 4.78 is 3.57.